The van der Waals surface area contributed by atoms with Crippen molar-refractivity contribution in [3.8, 4) is 11.5 Å². The van der Waals surface area contributed by atoms with Crippen LogP contribution in [0.25, 0.3) is 6.08 Å². The average molecular weight is 580 g/mol. The second-order valence-corrected chi connectivity index (χ2v) is 9.36. The van der Waals surface area contributed by atoms with Crippen LogP contribution in [0.15, 0.2) is 60.2 Å². The Hall–Kier alpha value is -3.23. The lowest BCUT2D eigenvalue weighted by molar-refractivity contribution is -0.122. The Morgan fingerprint density at radius 1 is 0.811 bits per heavy atom. The fourth-order valence-corrected chi connectivity index (χ4v) is 4.09. The standard InChI is InChI=1S/C26H18Cl4N2O5/c1-2-36-23-11-14(4-8-22(23)37-13-15-3-6-18(27)20(29)10-15)9-17-24(33)31-26(35)32(25(17)34)16-5-7-19(28)21(30)12-16/h3-12H,2,13H2,1H3,(H,31,33,35)/b17-9+. The van der Waals surface area contributed by atoms with Gasteiger partial charge in [-0.25, -0.2) is 9.69 Å². The van der Waals surface area contributed by atoms with E-state index < -0.39 is 17.8 Å². The van der Waals surface area contributed by atoms with Gasteiger partial charge in [-0.3, -0.25) is 14.9 Å². The Bertz CT molecular complexity index is 1440. The number of nitrogens with one attached hydrogen (secondary N) is 1. The molecule has 3 aromatic carbocycles. The van der Waals surface area contributed by atoms with Gasteiger partial charge in [0.25, 0.3) is 11.8 Å². The van der Waals surface area contributed by atoms with Crippen molar-refractivity contribution in [3.63, 3.8) is 0 Å². The molecule has 0 atom stereocenters. The van der Waals surface area contributed by atoms with Gasteiger partial charge in [0, 0.05) is 0 Å². The zero-order chi connectivity index (χ0) is 26.7. The van der Waals surface area contributed by atoms with E-state index in [4.69, 9.17) is 55.9 Å². The predicted octanol–water partition coefficient (Wildman–Crippen LogP) is 6.94. The minimum absolute atomic E-state index is 0.153. The molecule has 0 bridgehead atoms. The lowest BCUT2D eigenvalue weighted by atomic mass is 10.1. The highest BCUT2D eigenvalue weighted by Gasteiger charge is 2.37. The molecule has 0 unspecified atom stereocenters. The van der Waals surface area contributed by atoms with Crippen molar-refractivity contribution in [2.75, 3.05) is 11.5 Å². The van der Waals surface area contributed by atoms with E-state index in [-0.39, 0.29) is 27.9 Å². The van der Waals surface area contributed by atoms with Gasteiger partial charge in [0.15, 0.2) is 11.5 Å². The number of urea groups is 1. The first-order chi connectivity index (χ1) is 17.7. The minimum atomic E-state index is -0.897. The molecule has 11 heteroatoms. The number of nitrogens with zero attached hydrogens (tertiary/aromatic N) is 1. The number of imide groups is 2. The van der Waals surface area contributed by atoms with Gasteiger partial charge in [-0.2, -0.15) is 0 Å². The SMILES string of the molecule is CCOc1cc(/C=C2\C(=O)NC(=O)N(c3ccc(Cl)c(Cl)c3)C2=O)ccc1OCc1ccc(Cl)c(Cl)c1. The van der Waals surface area contributed by atoms with E-state index in [0.29, 0.717) is 33.7 Å². The molecule has 1 aliphatic heterocycles. The van der Waals surface area contributed by atoms with Crippen molar-refractivity contribution in [1.29, 1.82) is 0 Å². The highest BCUT2D eigenvalue weighted by atomic mass is 35.5. The number of hydrogen-bond donors (Lipinski definition) is 1. The monoisotopic (exact) mass is 578 g/mol. The second kappa shape index (κ2) is 11.4. The molecule has 1 fully saturated rings. The van der Waals surface area contributed by atoms with E-state index in [1.165, 1.54) is 24.3 Å². The van der Waals surface area contributed by atoms with E-state index in [1.54, 1.807) is 36.4 Å². The maximum Gasteiger partial charge on any atom is 0.335 e. The molecule has 3 aromatic rings. The molecule has 0 aromatic heterocycles. The lowest BCUT2D eigenvalue weighted by Gasteiger charge is -2.26. The lowest BCUT2D eigenvalue weighted by Crippen LogP contribution is -2.54. The zero-order valence-electron chi connectivity index (χ0n) is 19.2. The van der Waals surface area contributed by atoms with Gasteiger partial charge in [-0.15, -0.1) is 0 Å². The van der Waals surface area contributed by atoms with Gasteiger partial charge in [0.05, 0.1) is 32.4 Å². The zero-order valence-corrected chi connectivity index (χ0v) is 22.2. The molecule has 37 heavy (non-hydrogen) atoms. The van der Waals surface area contributed by atoms with Crippen LogP contribution in [0.3, 0.4) is 0 Å². The number of benzene rings is 3. The summed E-state index contributed by atoms with van der Waals surface area (Å²) in [7, 11) is 0. The molecule has 1 heterocycles. The fraction of sp³-hybridized carbons (Fsp3) is 0.115. The number of halogens is 4. The molecule has 1 N–H and O–H groups in total. The van der Waals surface area contributed by atoms with E-state index in [9.17, 15) is 14.4 Å². The van der Waals surface area contributed by atoms with Crippen LogP contribution < -0.4 is 19.7 Å². The maximum absolute atomic E-state index is 13.2. The van der Waals surface area contributed by atoms with Crippen LogP contribution in [0, 0.1) is 0 Å². The topological polar surface area (TPSA) is 84.9 Å². The summed E-state index contributed by atoms with van der Waals surface area (Å²) < 4.78 is 11.6. The Labute approximate surface area is 232 Å². The summed E-state index contributed by atoms with van der Waals surface area (Å²) in [6.45, 7) is 2.37. The number of anilines is 1. The molecule has 0 saturated carbocycles. The Morgan fingerprint density at radius 2 is 1.51 bits per heavy atom. The molecule has 0 aliphatic carbocycles. The molecule has 1 saturated heterocycles. The van der Waals surface area contributed by atoms with Crippen LogP contribution in [0.2, 0.25) is 20.1 Å². The van der Waals surface area contributed by atoms with Crippen molar-refractivity contribution in [2.24, 2.45) is 0 Å². The van der Waals surface area contributed by atoms with Gasteiger partial charge in [0.2, 0.25) is 0 Å². The van der Waals surface area contributed by atoms with Crippen LogP contribution >= 0.6 is 46.4 Å². The molecule has 4 amide bonds. The average Bonchev–Trinajstić information content (AvgIpc) is 2.85. The largest absolute Gasteiger partial charge is 0.490 e. The van der Waals surface area contributed by atoms with Crippen molar-refractivity contribution in [3.05, 3.63) is 91.4 Å². The molecule has 7 nitrogen and oxygen atoms in total. The first-order valence-corrected chi connectivity index (χ1v) is 12.4. The Balaban J connectivity index is 1.61. The van der Waals surface area contributed by atoms with E-state index in [1.807, 2.05) is 6.92 Å². The van der Waals surface area contributed by atoms with Gasteiger partial charge >= 0.3 is 6.03 Å². The van der Waals surface area contributed by atoms with Gasteiger partial charge < -0.3 is 9.47 Å². The highest BCUT2D eigenvalue weighted by molar-refractivity contribution is 6.43. The highest BCUT2D eigenvalue weighted by Crippen LogP contribution is 2.32. The van der Waals surface area contributed by atoms with Crippen molar-refractivity contribution in [1.82, 2.24) is 5.32 Å². The van der Waals surface area contributed by atoms with E-state index in [0.717, 1.165) is 10.5 Å². The van der Waals surface area contributed by atoms with Gasteiger partial charge in [-0.1, -0.05) is 58.5 Å². The molecule has 0 spiro atoms. The van der Waals surface area contributed by atoms with Crippen molar-refractivity contribution >= 4 is 76.0 Å². The molecular formula is C26H18Cl4N2O5. The number of barbiturate groups is 1. The number of ether oxygens (including phenoxy) is 2. The summed E-state index contributed by atoms with van der Waals surface area (Å²) in [6, 6.07) is 13.5. The third-order valence-corrected chi connectivity index (χ3v) is 6.70. The molecule has 1 aliphatic rings. The smallest absolute Gasteiger partial charge is 0.335 e. The quantitative estimate of drug-likeness (QED) is 0.242. The molecule has 190 valence electrons. The third-order valence-electron chi connectivity index (χ3n) is 5.22. The van der Waals surface area contributed by atoms with Crippen LogP contribution in [-0.4, -0.2) is 24.5 Å². The number of carbonyl (C=O) groups is 3. The first-order valence-electron chi connectivity index (χ1n) is 10.9. The van der Waals surface area contributed by atoms with E-state index in [2.05, 4.69) is 5.32 Å². The van der Waals surface area contributed by atoms with Crippen molar-refractivity contribution in [2.45, 2.75) is 13.5 Å². The number of hydrogen-bond acceptors (Lipinski definition) is 5. The van der Waals surface area contributed by atoms with E-state index >= 15 is 0 Å². The summed E-state index contributed by atoms with van der Waals surface area (Å²) in [6.07, 6.45) is 1.36. The van der Waals surface area contributed by atoms with Crippen LogP contribution in [0.1, 0.15) is 18.1 Å². The maximum atomic E-state index is 13.2. The normalized spacial score (nSPS) is 14.7. The molecular weight excluding hydrogens is 562 g/mol. The summed E-state index contributed by atoms with van der Waals surface area (Å²) >= 11 is 24.0. The third kappa shape index (κ3) is 6.02. The summed E-state index contributed by atoms with van der Waals surface area (Å²) in [5.41, 5.74) is 1.20. The summed E-state index contributed by atoms with van der Waals surface area (Å²) in [5, 5.41) is 3.44. The summed E-state index contributed by atoms with van der Waals surface area (Å²) in [4.78, 5) is 38.9. The van der Waals surface area contributed by atoms with Crippen LogP contribution in [0.4, 0.5) is 10.5 Å². The van der Waals surface area contributed by atoms with Gasteiger partial charge in [0.1, 0.15) is 12.2 Å². The molecule has 0 radical (unpaired) electrons. The second-order valence-electron chi connectivity index (χ2n) is 7.73. The van der Waals surface area contributed by atoms with Gasteiger partial charge in [-0.05, 0) is 66.6 Å². The molecule has 4 rings (SSSR count). The first kappa shape index (κ1) is 26.8. The fourth-order valence-electron chi connectivity index (χ4n) is 3.48. The van der Waals surface area contributed by atoms with Crippen molar-refractivity contribution < 1.29 is 23.9 Å². The van der Waals surface area contributed by atoms with Crippen LogP contribution in [0.5, 0.6) is 11.5 Å². The number of rotatable bonds is 7. The Morgan fingerprint density at radius 3 is 2.19 bits per heavy atom. The number of carbonyl (C=O) groups excluding carboxylic acids is 3. The predicted molar refractivity (Wildman–Crippen MR) is 144 cm³/mol. The number of amides is 4. The minimum Gasteiger partial charge on any atom is -0.490 e. The van der Waals surface area contributed by atoms with Crippen LogP contribution in [-0.2, 0) is 16.2 Å². The Kier molecular flexibility index (Phi) is 8.29. The summed E-state index contributed by atoms with van der Waals surface area (Å²) in [5.74, 6) is -0.797.